The number of rotatable bonds is 3. The molecule has 4 rings (SSSR count). The molecule has 4 aromatic rings. The fourth-order valence-corrected chi connectivity index (χ4v) is 5.07. The summed E-state index contributed by atoms with van der Waals surface area (Å²) in [6.45, 7) is 4.13. The molecule has 0 bridgehead atoms. The number of aryl methyl sites for hydroxylation is 2. The van der Waals surface area contributed by atoms with E-state index in [1.807, 2.05) is 30.3 Å². The molecule has 0 saturated carbocycles. The van der Waals surface area contributed by atoms with Gasteiger partial charge in [-0.1, -0.05) is 0 Å². The van der Waals surface area contributed by atoms with Crippen LogP contribution >= 0.6 is 0 Å². The van der Waals surface area contributed by atoms with Gasteiger partial charge in [-0.2, -0.15) is 0 Å². The van der Waals surface area contributed by atoms with Crippen molar-refractivity contribution in [1.29, 1.82) is 0 Å². The first kappa shape index (κ1) is 16.8. The number of hydrogen-bond acceptors (Lipinski definition) is 2. The molecule has 0 fully saturated rings. The topological polar surface area (TPSA) is 30.2 Å². The van der Waals surface area contributed by atoms with E-state index in [-0.39, 0.29) is 20.6 Å². The Bertz CT molecular complexity index is 1130. The second kappa shape index (κ2) is 6.95. The average molecular weight is 405 g/mol. The zero-order valence-corrected chi connectivity index (χ0v) is 16.4. The van der Waals surface area contributed by atoms with E-state index in [9.17, 15) is 4.79 Å². The monoisotopic (exact) mass is 406 g/mol. The van der Waals surface area contributed by atoms with Crippen LogP contribution in [0.1, 0.15) is 11.1 Å². The van der Waals surface area contributed by atoms with Crippen molar-refractivity contribution in [1.82, 2.24) is 0 Å². The molecule has 0 N–H and O–H groups in total. The van der Waals surface area contributed by atoms with Gasteiger partial charge in [0.1, 0.15) is 0 Å². The van der Waals surface area contributed by atoms with Gasteiger partial charge in [0.15, 0.2) is 0 Å². The van der Waals surface area contributed by atoms with E-state index < -0.39 is 0 Å². The molecule has 0 spiro atoms. The van der Waals surface area contributed by atoms with Crippen molar-refractivity contribution >= 4 is 34.8 Å². The third-order valence-electron chi connectivity index (χ3n) is 4.32. The standard InChI is InChI=1S/C23H18O2Se/c1-15-8-11-17(12-9-15)21-19-14-16(2)10-13-20(19)25-23(24)22(21)26-18-6-4-3-5-7-18/h3-14H,1-2H3. The Kier molecular flexibility index (Phi) is 4.50. The second-order valence-electron chi connectivity index (χ2n) is 6.37. The van der Waals surface area contributed by atoms with Gasteiger partial charge in [0.2, 0.25) is 0 Å². The summed E-state index contributed by atoms with van der Waals surface area (Å²) in [5.41, 5.74) is 4.82. The van der Waals surface area contributed by atoms with Crippen LogP contribution in [0.4, 0.5) is 0 Å². The third-order valence-corrected chi connectivity index (χ3v) is 6.59. The van der Waals surface area contributed by atoms with Crippen LogP contribution in [0.5, 0.6) is 0 Å². The van der Waals surface area contributed by atoms with Crippen LogP contribution < -0.4 is 14.5 Å². The summed E-state index contributed by atoms with van der Waals surface area (Å²) in [6, 6.07) is 24.5. The van der Waals surface area contributed by atoms with Crippen molar-refractivity contribution in [3.8, 4) is 11.1 Å². The Morgan fingerprint density at radius 3 is 2.23 bits per heavy atom. The van der Waals surface area contributed by atoms with E-state index in [1.54, 1.807) is 0 Å². The van der Waals surface area contributed by atoms with Crippen LogP contribution in [-0.2, 0) is 0 Å². The van der Waals surface area contributed by atoms with Gasteiger partial charge < -0.3 is 0 Å². The average Bonchev–Trinajstić information content (AvgIpc) is 2.65. The summed E-state index contributed by atoms with van der Waals surface area (Å²) in [7, 11) is 0. The SMILES string of the molecule is Cc1ccc(-c2c([Se]c3ccccc3)c(=O)oc3ccc(C)cc23)cc1. The molecule has 0 aliphatic heterocycles. The zero-order valence-electron chi connectivity index (χ0n) is 14.7. The van der Waals surface area contributed by atoms with E-state index in [2.05, 4.69) is 56.3 Å². The quantitative estimate of drug-likeness (QED) is 0.384. The molecular formula is C23H18O2Se. The first-order valence-corrected chi connectivity index (χ1v) is 10.2. The van der Waals surface area contributed by atoms with E-state index >= 15 is 0 Å². The minimum absolute atomic E-state index is 0.125. The van der Waals surface area contributed by atoms with Crippen molar-refractivity contribution in [2.75, 3.05) is 0 Å². The van der Waals surface area contributed by atoms with Gasteiger partial charge in [-0.3, -0.25) is 0 Å². The molecule has 0 amide bonds. The fraction of sp³-hybridized carbons (Fsp3) is 0.0870. The van der Waals surface area contributed by atoms with Gasteiger partial charge in [0.05, 0.1) is 0 Å². The summed E-state index contributed by atoms with van der Waals surface area (Å²) >= 11 is -0.125. The van der Waals surface area contributed by atoms with Crippen LogP contribution in [0.2, 0.25) is 0 Å². The molecule has 1 aromatic heterocycles. The molecule has 0 saturated heterocycles. The Balaban J connectivity index is 2.03. The van der Waals surface area contributed by atoms with Crippen LogP contribution in [-0.4, -0.2) is 15.0 Å². The zero-order chi connectivity index (χ0) is 18.1. The molecule has 0 radical (unpaired) electrons. The summed E-state index contributed by atoms with van der Waals surface area (Å²) < 4.78 is 7.59. The van der Waals surface area contributed by atoms with Gasteiger partial charge in [-0.05, 0) is 0 Å². The van der Waals surface area contributed by atoms with E-state index in [0.29, 0.717) is 5.58 Å². The van der Waals surface area contributed by atoms with Crippen LogP contribution in [0.3, 0.4) is 0 Å². The van der Waals surface area contributed by atoms with Gasteiger partial charge in [0.25, 0.3) is 0 Å². The molecule has 0 atom stereocenters. The Morgan fingerprint density at radius 2 is 1.50 bits per heavy atom. The summed E-state index contributed by atoms with van der Waals surface area (Å²) in [4.78, 5) is 12.8. The van der Waals surface area contributed by atoms with Crippen LogP contribution in [0.15, 0.2) is 82.0 Å². The predicted octanol–water partition coefficient (Wildman–Crippen LogP) is 3.73. The van der Waals surface area contributed by atoms with Crippen molar-refractivity contribution in [2.45, 2.75) is 13.8 Å². The van der Waals surface area contributed by atoms with E-state index in [0.717, 1.165) is 31.0 Å². The first-order chi connectivity index (χ1) is 12.6. The van der Waals surface area contributed by atoms with Gasteiger partial charge in [0, 0.05) is 0 Å². The molecule has 0 aliphatic rings. The predicted molar refractivity (Wildman–Crippen MR) is 109 cm³/mol. The first-order valence-electron chi connectivity index (χ1n) is 8.49. The molecule has 3 heteroatoms. The molecule has 1 heterocycles. The van der Waals surface area contributed by atoms with Crippen molar-refractivity contribution in [3.63, 3.8) is 0 Å². The summed E-state index contributed by atoms with van der Waals surface area (Å²) in [5, 5.41) is 1.00. The molecule has 26 heavy (non-hydrogen) atoms. The Hall–Kier alpha value is -2.61. The van der Waals surface area contributed by atoms with Crippen LogP contribution in [0, 0.1) is 13.8 Å². The van der Waals surface area contributed by atoms with Crippen molar-refractivity contribution in [3.05, 3.63) is 94.3 Å². The number of benzene rings is 3. The van der Waals surface area contributed by atoms with Gasteiger partial charge in [-0.25, -0.2) is 0 Å². The summed E-state index contributed by atoms with van der Waals surface area (Å²) in [6.07, 6.45) is 0. The second-order valence-corrected chi connectivity index (χ2v) is 8.65. The van der Waals surface area contributed by atoms with Crippen LogP contribution in [0.25, 0.3) is 22.1 Å². The maximum absolute atomic E-state index is 12.8. The van der Waals surface area contributed by atoms with Crippen molar-refractivity contribution < 1.29 is 4.42 Å². The van der Waals surface area contributed by atoms with Crippen molar-refractivity contribution in [2.24, 2.45) is 0 Å². The van der Waals surface area contributed by atoms with Gasteiger partial charge in [-0.15, -0.1) is 0 Å². The molecule has 128 valence electrons. The summed E-state index contributed by atoms with van der Waals surface area (Å²) in [5.74, 6) is 0. The normalized spacial score (nSPS) is 11.0. The molecule has 2 nitrogen and oxygen atoms in total. The minimum atomic E-state index is -0.235. The molecule has 3 aromatic carbocycles. The molecule has 0 aliphatic carbocycles. The van der Waals surface area contributed by atoms with Gasteiger partial charge >= 0.3 is 159 Å². The Morgan fingerprint density at radius 1 is 0.808 bits per heavy atom. The molecular weight excluding hydrogens is 387 g/mol. The van der Waals surface area contributed by atoms with E-state index in [1.165, 1.54) is 5.56 Å². The fourth-order valence-electron chi connectivity index (χ4n) is 3.00. The van der Waals surface area contributed by atoms with E-state index in [4.69, 9.17) is 4.42 Å². The maximum atomic E-state index is 12.8. The molecule has 0 unspecified atom stereocenters. The number of fused-ring (bicyclic) bond motifs is 1. The third kappa shape index (κ3) is 3.24. The number of hydrogen-bond donors (Lipinski definition) is 0. The Labute approximate surface area is 158 Å².